The fourth-order valence-corrected chi connectivity index (χ4v) is 1.26. The molecule has 1 heterocycles. The van der Waals surface area contributed by atoms with E-state index in [1.165, 1.54) is 5.10 Å². The summed E-state index contributed by atoms with van der Waals surface area (Å²) in [5, 5.41) is 4.29. The van der Waals surface area contributed by atoms with Crippen LogP contribution in [0.4, 0.5) is 22.0 Å². The minimum atomic E-state index is -5.99. The number of hydrogen-bond donors (Lipinski definition) is 1. The van der Waals surface area contributed by atoms with Crippen LogP contribution < -0.4 is 0 Å². The van der Waals surface area contributed by atoms with E-state index in [0.717, 1.165) is 14.2 Å². The number of rotatable bonds is 3. The van der Waals surface area contributed by atoms with Crippen molar-refractivity contribution in [3.8, 4) is 0 Å². The van der Waals surface area contributed by atoms with Crippen molar-refractivity contribution in [1.29, 1.82) is 0 Å². The van der Waals surface area contributed by atoms with Gasteiger partial charge in [-0.05, 0) is 0 Å². The van der Waals surface area contributed by atoms with Crippen LogP contribution in [-0.4, -0.2) is 42.5 Å². The third-order valence-corrected chi connectivity index (χ3v) is 2.20. The van der Waals surface area contributed by atoms with E-state index in [-0.39, 0.29) is 0 Å². The lowest BCUT2D eigenvalue weighted by Gasteiger charge is -2.18. The van der Waals surface area contributed by atoms with E-state index >= 15 is 0 Å². The number of hydrogen-bond acceptors (Lipinski definition) is 5. The van der Waals surface area contributed by atoms with Gasteiger partial charge in [0.1, 0.15) is 11.3 Å². The molecule has 1 N–H and O–H groups in total. The molecule has 1 aromatic rings. The third kappa shape index (κ3) is 2.42. The molecule has 11 heteroatoms. The van der Waals surface area contributed by atoms with Gasteiger partial charge in [0.2, 0.25) is 0 Å². The molecule has 0 saturated heterocycles. The molecule has 0 saturated carbocycles. The standard InChI is InChI=1S/C9H7F5N2O4/c1-19-6(17)3-4(7(18)20-2)15-16-5(3)8(10,11)9(12,13)14/h1-2H3,(H,15,16). The predicted octanol–water partition coefficient (Wildman–Crippen LogP) is 1.64. The summed E-state index contributed by atoms with van der Waals surface area (Å²) in [6.07, 6.45) is -5.99. The Morgan fingerprint density at radius 3 is 1.95 bits per heavy atom. The lowest BCUT2D eigenvalue weighted by Crippen LogP contribution is -2.35. The summed E-state index contributed by atoms with van der Waals surface area (Å²) in [4.78, 5) is 22.5. The molecule has 0 aliphatic carbocycles. The molecule has 112 valence electrons. The van der Waals surface area contributed by atoms with Gasteiger partial charge in [-0.1, -0.05) is 0 Å². The number of nitrogens with zero attached hydrogens (tertiary/aromatic N) is 1. The summed E-state index contributed by atoms with van der Waals surface area (Å²) in [5.41, 5.74) is -4.25. The molecule has 0 amide bonds. The van der Waals surface area contributed by atoms with Crippen molar-refractivity contribution in [3.63, 3.8) is 0 Å². The SMILES string of the molecule is COC(=O)c1n[nH]c(C(F)(F)C(F)(F)F)c1C(=O)OC. The van der Waals surface area contributed by atoms with Crippen molar-refractivity contribution in [2.75, 3.05) is 14.2 Å². The van der Waals surface area contributed by atoms with Gasteiger partial charge in [0.15, 0.2) is 5.69 Å². The molecule has 0 aliphatic rings. The maximum atomic E-state index is 13.2. The highest BCUT2D eigenvalue weighted by molar-refractivity contribution is 6.02. The Morgan fingerprint density at radius 2 is 1.55 bits per heavy atom. The first-order valence-electron chi connectivity index (χ1n) is 4.78. The molecule has 0 fully saturated rings. The number of nitrogens with one attached hydrogen (secondary N) is 1. The van der Waals surface area contributed by atoms with Crippen molar-refractivity contribution in [2.24, 2.45) is 0 Å². The number of aromatic amines is 1. The minimum absolute atomic E-state index is 0.742. The van der Waals surface area contributed by atoms with Crippen LogP contribution in [0.15, 0.2) is 0 Å². The number of carbonyl (C=O) groups excluding carboxylic acids is 2. The summed E-state index contributed by atoms with van der Waals surface area (Å²) in [6.45, 7) is 0. The molecular weight excluding hydrogens is 295 g/mol. The van der Waals surface area contributed by atoms with Crippen molar-refractivity contribution in [2.45, 2.75) is 12.1 Å². The first-order chi connectivity index (χ1) is 9.07. The van der Waals surface area contributed by atoms with Crippen molar-refractivity contribution in [3.05, 3.63) is 17.0 Å². The fraction of sp³-hybridized carbons (Fsp3) is 0.444. The summed E-state index contributed by atoms with van der Waals surface area (Å²) in [6, 6.07) is 0. The highest BCUT2D eigenvalue weighted by atomic mass is 19.4. The van der Waals surface area contributed by atoms with Crippen molar-refractivity contribution >= 4 is 11.9 Å². The van der Waals surface area contributed by atoms with Gasteiger partial charge < -0.3 is 9.47 Å². The molecule has 0 unspecified atom stereocenters. The molecule has 6 nitrogen and oxygen atoms in total. The van der Waals surface area contributed by atoms with Crippen LogP contribution in [0, 0.1) is 0 Å². The van der Waals surface area contributed by atoms with Gasteiger partial charge in [-0.3, -0.25) is 5.10 Å². The van der Waals surface area contributed by atoms with Gasteiger partial charge in [-0.25, -0.2) is 9.59 Å². The van der Waals surface area contributed by atoms with Crippen LogP contribution in [0.1, 0.15) is 26.5 Å². The van der Waals surface area contributed by atoms with Gasteiger partial charge in [-0.2, -0.15) is 27.1 Å². The maximum Gasteiger partial charge on any atom is 0.459 e. The Hall–Kier alpha value is -2.20. The van der Waals surface area contributed by atoms with E-state index in [1.54, 1.807) is 0 Å². The zero-order chi connectivity index (χ0) is 15.7. The lowest BCUT2D eigenvalue weighted by atomic mass is 10.1. The largest absolute Gasteiger partial charge is 0.465 e. The zero-order valence-corrected chi connectivity index (χ0v) is 9.97. The highest BCUT2D eigenvalue weighted by Crippen LogP contribution is 2.44. The number of ether oxygens (including phenoxy) is 2. The number of esters is 2. The maximum absolute atomic E-state index is 13.2. The van der Waals surface area contributed by atoms with Crippen molar-refractivity contribution < 1.29 is 41.0 Å². The average molecular weight is 302 g/mol. The van der Waals surface area contributed by atoms with Crippen LogP contribution in [0.5, 0.6) is 0 Å². The monoisotopic (exact) mass is 302 g/mol. The van der Waals surface area contributed by atoms with Gasteiger partial charge in [0.05, 0.1) is 14.2 Å². The van der Waals surface area contributed by atoms with E-state index in [1.807, 2.05) is 0 Å². The van der Waals surface area contributed by atoms with Gasteiger partial charge >= 0.3 is 24.0 Å². The molecule has 0 aliphatic heterocycles. The van der Waals surface area contributed by atoms with E-state index in [0.29, 0.717) is 0 Å². The molecule has 0 atom stereocenters. The Labute approximate surface area is 107 Å². The van der Waals surface area contributed by atoms with Crippen LogP contribution in [0.25, 0.3) is 0 Å². The predicted molar refractivity (Wildman–Crippen MR) is 51.2 cm³/mol. The van der Waals surface area contributed by atoms with E-state index < -0.39 is 41.0 Å². The quantitative estimate of drug-likeness (QED) is 0.678. The molecule has 1 aromatic heterocycles. The topological polar surface area (TPSA) is 81.3 Å². The molecule has 20 heavy (non-hydrogen) atoms. The second kappa shape index (κ2) is 5.06. The van der Waals surface area contributed by atoms with E-state index in [4.69, 9.17) is 0 Å². The number of methoxy groups -OCH3 is 2. The number of H-pyrrole nitrogens is 1. The lowest BCUT2D eigenvalue weighted by molar-refractivity contribution is -0.291. The fourth-order valence-electron chi connectivity index (χ4n) is 1.26. The summed E-state index contributed by atoms with van der Waals surface area (Å²) in [7, 11) is 1.57. The first-order valence-corrected chi connectivity index (χ1v) is 4.78. The third-order valence-electron chi connectivity index (χ3n) is 2.20. The van der Waals surface area contributed by atoms with Crippen LogP contribution in [-0.2, 0) is 15.4 Å². The molecule has 1 rings (SSSR count). The Kier molecular flexibility index (Phi) is 4.01. The highest BCUT2D eigenvalue weighted by Gasteiger charge is 2.62. The van der Waals surface area contributed by atoms with Crippen LogP contribution in [0.3, 0.4) is 0 Å². The molecule has 0 bridgehead atoms. The smallest absolute Gasteiger partial charge is 0.459 e. The van der Waals surface area contributed by atoms with Gasteiger partial charge in [0, 0.05) is 0 Å². The minimum Gasteiger partial charge on any atom is -0.465 e. The normalized spacial score (nSPS) is 12.2. The molecule has 0 radical (unpaired) electrons. The summed E-state index contributed by atoms with van der Waals surface area (Å²) >= 11 is 0. The second-order valence-electron chi connectivity index (χ2n) is 3.38. The molecular formula is C9H7F5N2O4. The Balaban J connectivity index is 3.54. The zero-order valence-electron chi connectivity index (χ0n) is 9.97. The van der Waals surface area contributed by atoms with Crippen LogP contribution in [0.2, 0.25) is 0 Å². The van der Waals surface area contributed by atoms with E-state index in [9.17, 15) is 31.5 Å². The Morgan fingerprint density at radius 1 is 1.05 bits per heavy atom. The second-order valence-corrected chi connectivity index (χ2v) is 3.38. The summed E-state index contributed by atoms with van der Waals surface area (Å²) in [5.74, 6) is -8.38. The number of halogens is 5. The summed E-state index contributed by atoms with van der Waals surface area (Å²) < 4.78 is 71.6. The van der Waals surface area contributed by atoms with Gasteiger partial charge in [0.25, 0.3) is 0 Å². The molecule has 0 spiro atoms. The number of carbonyl (C=O) groups is 2. The Bertz CT molecular complexity index is 537. The van der Waals surface area contributed by atoms with Crippen LogP contribution >= 0.6 is 0 Å². The van der Waals surface area contributed by atoms with Gasteiger partial charge in [-0.15, -0.1) is 0 Å². The average Bonchev–Trinajstić information content (AvgIpc) is 2.80. The van der Waals surface area contributed by atoms with Crippen molar-refractivity contribution in [1.82, 2.24) is 10.2 Å². The number of alkyl halides is 5. The number of aromatic nitrogens is 2. The molecule has 0 aromatic carbocycles. The first kappa shape index (κ1) is 15.9. The van der Waals surface area contributed by atoms with E-state index in [2.05, 4.69) is 14.6 Å².